The third-order valence-corrected chi connectivity index (χ3v) is 2.73. The summed E-state index contributed by atoms with van der Waals surface area (Å²) in [7, 11) is 0. The zero-order valence-corrected chi connectivity index (χ0v) is 10.7. The number of anilines is 1. The molecule has 1 aromatic carbocycles. The van der Waals surface area contributed by atoms with Crippen LogP contribution in [0.15, 0.2) is 36.5 Å². The third-order valence-electron chi connectivity index (χ3n) is 2.44. The highest BCUT2D eigenvalue weighted by atomic mass is 35.5. The smallest absolute Gasteiger partial charge is 0.354 e. The van der Waals surface area contributed by atoms with E-state index in [9.17, 15) is 14.0 Å². The van der Waals surface area contributed by atoms with Gasteiger partial charge in [0.2, 0.25) is 0 Å². The predicted octanol–water partition coefficient (Wildman–Crippen LogP) is 2.82. The van der Waals surface area contributed by atoms with Crippen molar-refractivity contribution >= 4 is 29.2 Å². The molecule has 7 heteroatoms. The monoisotopic (exact) mass is 294 g/mol. The normalized spacial score (nSPS) is 10.1. The Labute approximate surface area is 118 Å². The second-order valence-corrected chi connectivity index (χ2v) is 4.20. The SMILES string of the molecule is O=C(O)c1ccc(NC(=O)c2cccc(Cl)c2F)cn1. The number of nitrogens with one attached hydrogen (secondary N) is 1. The highest BCUT2D eigenvalue weighted by Crippen LogP contribution is 2.19. The Hall–Kier alpha value is -2.47. The Morgan fingerprint density at radius 3 is 2.60 bits per heavy atom. The summed E-state index contributed by atoms with van der Waals surface area (Å²) < 4.78 is 13.6. The van der Waals surface area contributed by atoms with E-state index in [0.717, 1.165) is 0 Å². The van der Waals surface area contributed by atoms with Gasteiger partial charge in [-0.25, -0.2) is 14.2 Å². The Morgan fingerprint density at radius 2 is 2.00 bits per heavy atom. The van der Waals surface area contributed by atoms with E-state index in [1.54, 1.807) is 0 Å². The average molecular weight is 295 g/mol. The van der Waals surface area contributed by atoms with Gasteiger partial charge in [-0.05, 0) is 24.3 Å². The van der Waals surface area contributed by atoms with Crippen molar-refractivity contribution < 1.29 is 19.1 Å². The lowest BCUT2D eigenvalue weighted by molar-refractivity contribution is 0.0690. The molecule has 0 spiro atoms. The zero-order valence-electron chi connectivity index (χ0n) is 9.93. The molecule has 1 heterocycles. The van der Waals surface area contributed by atoms with Gasteiger partial charge in [0, 0.05) is 0 Å². The molecule has 0 atom stereocenters. The van der Waals surface area contributed by atoms with E-state index in [2.05, 4.69) is 10.3 Å². The number of pyridine rings is 1. The Balaban J connectivity index is 2.19. The van der Waals surface area contributed by atoms with Gasteiger partial charge in [0.15, 0.2) is 5.82 Å². The molecule has 0 saturated heterocycles. The van der Waals surface area contributed by atoms with Crippen molar-refractivity contribution in [2.24, 2.45) is 0 Å². The number of carbonyl (C=O) groups excluding carboxylic acids is 1. The standard InChI is InChI=1S/C13H8ClFN2O3/c14-9-3-1-2-8(11(9)15)12(18)17-7-4-5-10(13(19)20)16-6-7/h1-6H,(H,17,18)(H,19,20). The predicted molar refractivity (Wildman–Crippen MR) is 70.6 cm³/mol. The highest BCUT2D eigenvalue weighted by molar-refractivity contribution is 6.31. The number of aromatic nitrogens is 1. The van der Waals surface area contributed by atoms with Crippen LogP contribution in [0.4, 0.5) is 10.1 Å². The number of hydrogen-bond donors (Lipinski definition) is 2. The van der Waals surface area contributed by atoms with E-state index in [-0.39, 0.29) is 22.0 Å². The fourth-order valence-corrected chi connectivity index (χ4v) is 1.65. The van der Waals surface area contributed by atoms with Gasteiger partial charge in [-0.3, -0.25) is 4.79 Å². The van der Waals surface area contributed by atoms with E-state index in [1.807, 2.05) is 0 Å². The second-order valence-electron chi connectivity index (χ2n) is 3.79. The number of carboxylic acids is 1. The van der Waals surface area contributed by atoms with Crippen LogP contribution in [-0.2, 0) is 0 Å². The van der Waals surface area contributed by atoms with Crippen LogP contribution in [0.25, 0.3) is 0 Å². The van der Waals surface area contributed by atoms with Crippen molar-refractivity contribution in [3.8, 4) is 0 Å². The summed E-state index contributed by atoms with van der Waals surface area (Å²) >= 11 is 5.58. The van der Waals surface area contributed by atoms with Crippen LogP contribution in [0.1, 0.15) is 20.8 Å². The maximum atomic E-state index is 13.6. The van der Waals surface area contributed by atoms with Gasteiger partial charge in [0.25, 0.3) is 5.91 Å². The van der Waals surface area contributed by atoms with E-state index in [4.69, 9.17) is 16.7 Å². The first-order chi connectivity index (χ1) is 9.49. The van der Waals surface area contributed by atoms with Crippen LogP contribution >= 0.6 is 11.6 Å². The molecule has 102 valence electrons. The van der Waals surface area contributed by atoms with Crippen molar-refractivity contribution in [3.63, 3.8) is 0 Å². The molecule has 0 aliphatic heterocycles. The zero-order chi connectivity index (χ0) is 14.7. The minimum Gasteiger partial charge on any atom is -0.477 e. The highest BCUT2D eigenvalue weighted by Gasteiger charge is 2.14. The number of amides is 1. The van der Waals surface area contributed by atoms with Crippen LogP contribution in [0.2, 0.25) is 5.02 Å². The molecule has 0 aliphatic rings. The topological polar surface area (TPSA) is 79.3 Å². The lowest BCUT2D eigenvalue weighted by atomic mass is 10.2. The van der Waals surface area contributed by atoms with E-state index < -0.39 is 17.7 Å². The summed E-state index contributed by atoms with van der Waals surface area (Å²) in [6, 6.07) is 6.65. The van der Waals surface area contributed by atoms with Gasteiger partial charge in [-0.15, -0.1) is 0 Å². The van der Waals surface area contributed by atoms with Crippen molar-refractivity contribution in [1.82, 2.24) is 4.98 Å². The molecule has 0 aliphatic carbocycles. The molecular weight excluding hydrogens is 287 g/mol. The van der Waals surface area contributed by atoms with Crippen LogP contribution in [0.3, 0.4) is 0 Å². The largest absolute Gasteiger partial charge is 0.477 e. The molecule has 2 N–H and O–H groups in total. The van der Waals surface area contributed by atoms with E-state index in [0.29, 0.717) is 0 Å². The first-order valence-electron chi connectivity index (χ1n) is 5.44. The summed E-state index contributed by atoms with van der Waals surface area (Å²) in [5.74, 6) is -2.69. The lowest BCUT2D eigenvalue weighted by Gasteiger charge is -2.06. The van der Waals surface area contributed by atoms with Gasteiger partial charge in [0.05, 0.1) is 22.5 Å². The minimum absolute atomic E-state index is 0.156. The molecule has 1 aromatic heterocycles. The Morgan fingerprint density at radius 1 is 1.25 bits per heavy atom. The van der Waals surface area contributed by atoms with Crippen molar-refractivity contribution in [3.05, 3.63) is 58.6 Å². The summed E-state index contributed by atoms with van der Waals surface area (Å²) in [4.78, 5) is 26.1. The minimum atomic E-state index is -1.18. The molecule has 2 aromatic rings. The average Bonchev–Trinajstić information content (AvgIpc) is 2.42. The maximum absolute atomic E-state index is 13.6. The van der Waals surface area contributed by atoms with Gasteiger partial charge in [0.1, 0.15) is 5.69 Å². The van der Waals surface area contributed by atoms with Gasteiger partial charge in [-0.2, -0.15) is 0 Å². The molecule has 0 radical (unpaired) electrons. The first kappa shape index (κ1) is 14.0. The van der Waals surface area contributed by atoms with Crippen LogP contribution in [-0.4, -0.2) is 22.0 Å². The van der Waals surface area contributed by atoms with Crippen LogP contribution in [0, 0.1) is 5.82 Å². The number of aromatic carboxylic acids is 1. The number of carbonyl (C=O) groups is 2. The van der Waals surface area contributed by atoms with Gasteiger partial charge >= 0.3 is 5.97 Å². The molecule has 1 amide bonds. The Bertz CT molecular complexity index is 674. The first-order valence-corrected chi connectivity index (χ1v) is 5.81. The summed E-state index contributed by atoms with van der Waals surface area (Å²) in [6.45, 7) is 0. The fourth-order valence-electron chi connectivity index (χ4n) is 1.47. The maximum Gasteiger partial charge on any atom is 0.354 e. The number of hydrogen-bond acceptors (Lipinski definition) is 3. The van der Waals surface area contributed by atoms with Crippen LogP contribution in [0.5, 0.6) is 0 Å². The lowest BCUT2D eigenvalue weighted by Crippen LogP contribution is -2.14. The molecule has 0 saturated carbocycles. The van der Waals surface area contributed by atoms with Crippen molar-refractivity contribution in [2.75, 3.05) is 5.32 Å². The molecule has 5 nitrogen and oxygen atoms in total. The quantitative estimate of drug-likeness (QED) is 0.912. The molecule has 0 unspecified atom stereocenters. The van der Waals surface area contributed by atoms with E-state index >= 15 is 0 Å². The Kier molecular flexibility index (Phi) is 3.95. The summed E-state index contributed by atoms with van der Waals surface area (Å²) in [5, 5.41) is 10.9. The third kappa shape index (κ3) is 2.92. The molecule has 0 bridgehead atoms. The van der Waals surface area contributed by atoms with Crippen LogP contribution < -0.4 is 5.32 Å². The molecule has 20 heavy (non-hydrogen) atoms. The number of carboxylic acid groups (broad SMARTS) is 1. The number of halogens is 2. The van der Waals surface area contributed by atoms with Crippen molar-refractivity contribution in [2.45, 2.75) is 0 Å². The number of benzene rings is 1. The van der Waals surface area contributed by atoms with E-state index in [1.165, 1.54) is 36.5 Å². The molecule has 0 fully saturated rings. The summed E-state index contributed by atoms with van der Waals surface area (Å²) in [5.41, 5.74) is -0.115. The number of rotatable bonds is 3. The van der Waals surface area contributed by atoms with Gasteiger partial charge < -0.3 is 10.4 Å². The second kappa shape index (κ2) is 5.66. The molecule has 2 rings (SSSR count). The van der Waals surface area contributed by atoms with Gasteiger partial charge in [-0.1, -0.05) is 17.7 Å². The number of nitrogens with zero attached hydrogens (tertiary/aromatic N) is 1. The fraction of sp³-hybridized carbons (Fsp3) is 0. The molecular formula is C13H8ClFN2O3. The summed E-state index contributed by atoms with van der Waals surface area (Å²) in [6.07, 6.45) is 1.17. The van der Waals surface area contributed by atoms with Crippen molar-refractivity contribution in [1.29, 1.82) is 0 Å².